The Morgan fingerprint density at radius 3 is 2.90 bits per heavy atom. The summed E-state index contributed by atoms with van der Waals surface area (Å²) in [7, 11) is 0. The molecule has 0 saturated heterocycles. The van der Waals surface area contributed by atoms with Gasteiger partial charge in [-0.25, -0.2) is 4.98 Å². The van der Waals surface area contributed by atoms with E-state index in [1.165, 1.54) is 0 Å². The van der Waals surface area contributed by atoms with Gasteiger partial charge in [0.1, 0.15) is 5.82 Å². The highest BCUT2D eigenvalue weighted by molar-refractivity contribution is 7.10. The first-order valence-corrected chi connectivity index (χ1v) is 7.79. The van der Waals surface area contributed by atoms with Gasteiger partial charge in [0.15, 0.2) is 0 Å². The molecule has 1 aliphatic carbocycles. The standard InChI is InChI=1S/C14H18N4OS/c1-8(2)11(10-4-3-7-20-10)15-14(19)13-16-12(17-18-13)9-5-6-9/h3-4,7-9,11H,5-6H2,1-2H3,(H,15,19)(H,16,17,18). The van der Waals surface area contributed by atoms with Crippen LogP contribution in [0.2, 0.25) is 0 Å². The molecule has 2 N–H and O–H groups in total. The molecule has 1 atom stereocenters. The molecule has 0 aromatic carbocycles. The Hall–Kier alpha value is -1.69. The molecule has 0 bridgehead atoms. The minimum absolute atomic E-state index is 0.00498. The van der Waals surface area contributed by atoms with E-state index < -0.39 is 0 Å². The maximum atomic E-state index is 12.3. The van der Waals surface area contributed by atoms with Crippen molar-refractivity contribution in [3.05, 3.63) is 34.0 Å². The van der Waals surface area contributed by atoms with Crippen molar-refractivity contribution in [1.82, 2.24) is 20.5 Å². The van der Waals surface area contributed by atoms with Crippen LogP contribution in [0.4, 0.5) is 0 Å². The summed E-state index contributed by atoms with van der Waals surface area (Å²) in [6, 6.07) is 4.05. The van der Waals surface area contributed by atoms with Crippen molar-refractivity contribution >= 4 is 17.2 Å². The van der Waals surface area contributed by atoms with Crippen molar-refractivity contribution in [2.24, 2.45) is 5.92 Å². The van der Waals surface area contributed by atoms with Gasteiger partial charge in [-0.05, 0) is 30.2 Å². The van der Waals surface area contributed by atoms with Gasteiger partial charge in [-0.15, -0.1) is 16.4 Å². The molecule has 1 unspecified atom stereocenters. The third-order valence-electron chi connectivity index (χ3n) is 3.47. The minimum atomic E-state index is -0.208. The van der Waals surface area contributed by atoms with Gasteiger partial charge < -0.3 is 5.32 Å². The SMILES string of the molecule is CC(C)C(NC(=O)c1n[nH]c(C2CC2)n1)c1cccs1. The molecule has 20 heavy (non-hydrogen) atoms. The molecule has 106 valence electrons. The molecule has 1 fully saturated rings. The molecule has 2 heterocycles. The molecule has 5 nitrogen and oxygen atoms in total. The lowest BCUT2D eigenvalue weighted by atomic mass is 10.0. The van der Waals surface area contributed by atoms with Crippen LogP contribution in [-0.2, 0) is 0 Å². The van der Waals surface area contributed by atoms with Gasteiger partial charge in [-0.3, -0.25) is 9.89 Å². The number of hydrogen-bond acceptors (Lipinski definition) is 4. The van der Waals surface area contributed by atoms with Crippen LogP contribution in [0, 0.1) is 5.92 Å². The van der Waals surface area contributed by atoms with Crippen LogP contribution in [0.25, 0.3) is 0 Å². The molecule has 2 aromatic rings. The van der Waals surface area contributed by atoms with Crippen molar-refractivity contribution in [2.75, 3.05) is 0 Å². The van der Waals surface area contributed by atoms with Crippen molar-refractivity contribution < 1.29 is 4.79 Å². The molecule has 1 amide bonds. The fourth-order valence-electron chi connectivity index (χ4n) is 2.16. The lowest BCUT2D eigenvalue weighted by Crippen LogP contribution is -2.32. The van der Waals surface area contributed by atoms with Crippen LogP contribution in [0.1, 0.15) is 60.0 Å². The van der Waals surface area contributed by atoms with Crippen molar-refractivity contribution in [1.29, 1.82) is 0 Å². The molecule has 1 aliphatic rings. The molecule has 0 spiro atoms. The second kappa shape index (κ2) is 5.36. The lowest BCUT2D eigenvalue weighted by molar-refractivity contribution is 0.0916. The topological polar surface area (TPSA) is 70.7 Å². The van der Waals surface area contributed by atoms with Crippen molar-refractivity contribution in [3.8, 4) is 0 Å². The zero-order chi connectivity index (χ0) is 14.1. The van der Waals surface area contributed by atoms with Crippen LogP contribution in [0.15, 0.2) is 17.5 Å². The number of aromatic nitrogens is 3. The third-order valence-corrected chi connectivity index (χ3v) is 4.43. The number of hydrogen-bond donors (Lipinski definition) is 2. The summed E-state index contributed by atoms with van der Waals surface area (Å²) >= 11 is 1.65. The maximum absolute atomic E-state index is 12.3. The van der Waals surface area contributed by atoms with Gasteiger partial charge in [0.05, 0.1) is 6.04 Å². The first-order valence-electron chi connectivity index (χ1n) is 6.91. The van der Waals surface area contributed by atoms with Crippen LogP contribution in [0.5, 0.6) is 0 Å². The zero-order valence-corrected chi connectivity index (χ0v) is 12.4. The molecule has 0 aliphatic heterocycles. The van der Waals surface area contributed by atoms with Crippen LogP contribution in [0.3, 0.4) is 0 Å². The van der Waals surface area contributed by atoms with Gasteiger partial charge in [0.25, 0.3) is 5.91 Å². The Morgan fingerprint density at radius 2 is 2.30 bits per heavy atom. The molecule has 1 saturated carbocycles. The average Bonchev–Trinajstić information content (AvgIpc) is 2.95. The number of amides is 1. The highest BCUT2D eigenvalue weighted by atomic mass is 32.1. The summed E-state index contributed by atoms with van der Waals surface area (Å²) in [5.74, 6) is 1.67. The molecule has 6 heteroatoms. The molecule has 2 aromatic heterocycles. The normalized spacial score (nSPS) is 16.4. The maximum Gasteiger partial charge on any atom is 0.291 e. The Morgan fingerprint density at radius 1 is 1.50 bits per heavy atom. The predicted octanol–water partition coefficient (Wildman–Crippen LogP) is 2.87. The number of aromatic amines is 1. The molecule has 0 radical (unpaired) electrons. The summed E-state index contributed by atoms with van der Waals surface area (Å²) in [6.45, 7) is 4.19. The van der Waals surface area contributed by atoms with Crippen molar-refractivity contribution in [2.45, 2.75) is 38.6 Å². The molecular weight excluding hydrogens is 272 g/mol. The van der Waals surface area contributed by atoms with E-state index in [1.54, 1.807) is 11.3 Å². The predicted molar refractivity (Wildman–Crippen MR) is 77.7 cm³/mol. The first-order chi connectivity index (χ1) is 9.65. The van der Waals surface area contributed by atoms with E-state index >= 15 is 0 Å². The number of nitrogens with one attached hydrogen (secondary N) is 2. The quantitative estimate of drug-likeness (QED) is 0.889. The summed E-state index contributed by atoms with van der Waals surface area (Å²) in [6.07, 6.45) is 2.28. The fourth-order valence-corrected chi connectivity index (χ4v) is 3.10. The van der Waals surface area contributed by atoms with Crippen LogP contribution in [-0.4, -0.2) is 21.1 Å². The van der Waals surface area contributed by atoms with Gasteiger partial charge in [0, 0.05) is 10.8 Å². The largest absolute Gasteiger partial charge is 0.341 e. The monoisotopic (exact) mass is 290 g/mol. The number of thiophene rings is 1. The minimum Gasteiger partial charge on any atom is -0.341 e. The first kappa shape index (κ1) is 13.3. The summed E-state index contributed by atoms with van der Waals surface area (Å²) in [5.41, 5.74) is 0. The summed E-state index contributed by atoms with van der Waals surface area (Å²) in [4.78, 5) is 17.7. The molecule has 3 rings (SSSR count). The van der Waals surface area contributed by atoms with Gasteiger partial charge in [0.2, 0.25) is 5.82 Å². The van der Waals surface area contributed by atoms with Gasteiger partial charge >= 0.3 is 0 Å². The second-order valence-corrected chi connectivity index (χ2v) is 6.51. The van der Waals surface area contributed by atoms with E-state index in [4.69, 9.17) is 0 Å². The third kappa shape index (κ3) is 2.75. The Balaban J connectivity index is 1.72. The van der Waals surface area contributed by atoms with Gasteiger partial charge in [-0.1, -0.05) is 19.9 Å². The number of H-pyrrole nitrogens is 1. The highest BCUT2D eigenvalue weighted by Gasteiger charge is 2.29. The number of nitrogens with zero attached hydrogens (tertiary/aromatic N) is 2. The van der Waals surface area contributed by atoms with E-state index in [2.05, 4.69) is 34.3 Å². The Labute approximate surface area is 121 Å². The van der Waals surface area contributed by atoms with E-state index in [1.807, 2.05) is 17.5 Å². The summed E-state index contributed by atoms with van der Waals surface area (Å²) in [5, 5.41) is 11.9. The van der Waals surface area contributed by atoms with E-state index in [0.717, 1.165) is 23.5 Å². The highest BCUT2D eigenvalue weighted by Crippen LogP contribution is 2.37. The Kier molecular flexibility index (Phi) is 3.56. The van der Waals surface area contributed by atoms with Crippen LogP contribution < -0.4 is 5.32 Å². The number of rotatable bonds is 5. The van der Waals surface area contributed by atoms with Crippen molar-refractivity contribution in [3.63, 3.8) is 0 Å². The summed E-state index contributed by atoms with van der Waals surface area (Å²) < 4.78 is 0. The van der Waals surface area contributed by atoms with E-state index in [0.29, 0.717) is 11.8 Å². The smallest absolute Gasteiger partial charge is 0.291 e. The number of carbonyl (C=O) groups is 1. The average molecular weight is 290 g/mol. The van der Waals surface area contributed by atoms with Crippen LogP contribution >= 0.6 is 11.3 Å². The van der Waals surface area contributed by atoms with Gasteiger partial charge in [-0.2, -0.15) is 0 Å². The lowest BCUT2D eigenvalue weighted by Gasteiger charge is -2.20. The van der Waals surface area contributed by atoms with E-state index in [-0.39, 0.29) is 17.8 Å². The Bertz CT molecular complexity index is 586. The number of carbonyl (C=O) groups excluding carboxylic acids is 1. The fraction of sp³-hybridized carbons (Fsp3) is 0.500. The second-order valence-electron chi connectivity index (χ2n) is 5.53. The van der Waals surface area contributed by atoms with E-state index in [9.17, 15) is 4.79 Å². The molecular formula is C14H18N4OS. The zero-order valence-electron chi connectivity index (χ0n) is 11.6.